The maximum atomic E-state index is 11.7. The first kappa shape index (κ1) is 10.2. The molecule has 0 radical (unpaired) electrons. The molecule has 0 aromatic carbocycles. The normalized spacial score (nSPS) is 20.9. The average molecular weight is 208 g/mol. The van der Waals surface area contributed by atoms with Gasteiger partial charge in [-0.2, -0.15) is 0 Å². The summed E-state index contributed by atoms with van der Waals surface area (Å²) in [5.74, 6) is 0.191. The number of aryl methyl sites for hydroxylation is 1. The third-order valence-electron chi connectivity index (χ3n) is 2.72. The van der Waals surface area contributed by atoms with Crippen molar-refractivity contribution in [2.75, 3.05) is 13.1 Å². The van der Waals surface area contributed by atoms with E-state index in [1.54, 1.807) is 12.5 Å². The molecule has 1 aromatic heterocycles. The van der Waals surface area contributed by atoms with E-state index in [1.165, 1.54) is 0 Å². The lowest BCUT2D eigenvalue weighted by molar-refractivity contribution is -0.130. The number of aromatic nitrogens is 2. The Labute approximate surface area is 88.9 Å². The molecule has 1 aliphatic rings. The highest BCUT2D eigenvalue weighted by atomic mass is 16.2. The highest BCUT2D eigenvalue weighted by molar-refractivity contribution is 5.76. The van der Waals surface area contributed by atoms with Gasteiger partial charge in [0.1, 0.15) is 0 Å². The molecule has 5 heteroatoms. The Morgan fingerprint density at radius 1 is 1.60 bits per heavy atom. The number of amides is 1. The van der Waals surface area contributed by atoms with Crippen LogP contribution in [0.15, 0.2) is 18.7 Å². The maximum Gasteiger partial charge on any atom is 0.224 e. The van der Waals surface area contributed by atoms with Crippen LogP contribution in [0.1, 0.15) is 12.8 Å². The van der Waals surface area contributed by atoms with E-state index >= 15 is 0 Å². The quantitative estimate of drug-likeness (QED) is 0.750. The van der Waals surface area contributed by atoms with Gasteiger partial charge in [0, 0.05) is 44.5 Å². The highest BCUT2D eigenvalue weighted by Gasteiger charge is 2.22. The van der Waals surface area contributed by atoms with Crippen molar-refractivity contribution in [3.05, 3.63) is 18.7 Å². The Bertz CT molecular complexity index is 322. The number of carbonyl (C=O) groups is 1. The summed E-state index contributed by atoms with van der Waals surface area (Å²) in [6.07, 6.45) is 6.77. The third-order valence-corrected chi connectivity index (χ3v) is 2.72. The molecule has 0 unspecified atom stereocenters. The molecular formula is C10H16N4O. The summed E-state index contributed by atoms with van der Waals surface area (Å²) < 4.78 is 1.91. The van der Waals surface area contributed by atoms with E-state index in [0.29, 0.717) is 19.5 Å². The van der Waals surface area contributed by atoms with Crippen LogP contribution in [0.5, 0.6) is 0 Å². The van der Waals surface area contributed by atoms with Gasteiger partial charge < -0.3 is 15.2 Å². The van der Waals surface area contributed by atoms with Gasteiger partial charge in [-0.05, 0) is 6.42 Å². The molecule has 2 N–H and O–H groups in total. The van der Waals surface area contributed by atoms with Crippen molar-refractivity contribution in [2.45, 2.75) is 25.4 Å². The second kappa shape index (κ2) is 4.44. The zero-order valence-corrected chi connectivity index (χ0v) is 8.67. The number of likely N-dealkylation sites (tertiary alicyclic amines) is 1. The van der Waals surface area contributed by atoms with E-state index in [2.05, 4.69) is 4.98 Å². The molecule has 1 saturated heterocycles. The largest absolute Gasteiger partial charge is 0.341 e. The lowest BCUT2D eigenvalue weighted by Gasteiger charge is -2.15. The van der Waals surface area contributed by atoms with Crippen molar-refractivity contribution >= 4 is 5.91 Å². The Morgan fingerprint density at radius 3 is 3.07 bits per heavy atom. The van der Waals surface area contributed by atoms with Crippen LogP contribution in [-0.2, 0) is 11.3 Å². The van der Waals surface area contributed by atoms with Crippen LogP contribution in [-0.4, -0.2) is 39.5 Å². The molecule has 1 aliphatic heterocycles. The van der Waals surface area contributed by atoms with E-state index in [4.69, 9.17) is 5.73 Å². The van der Waals surface area contributed by atoms with E-state index in [-0.39, 0.29) is 11.9 Å². The molecule has 1 fully saturated rings. The monoisotopic (exact) mass is 208 g/mol. The summed E-state index contributed by atoms with van der Waals surface area (Å²) in [6, 6.07) is 0.169. The van der Waals surface area contributed by atoms with E-state index in [1.807, 2.05) is 15.7 Å². The standard InChI is InChI=1S/C10H16N4O/c11-9-1-5-14(7-9)10(15)2-4-13-6-3-12-8-13/h3,6,8-9H,1-2,4-5,7,11H2/t9-/m1/s1. The Balaban J connectivity index is 1.78. The van der Waals surface area contributed by atoms with Gasteiger partial charge >= 0.3 is 0 Å². The third kappa shape index (κ3) is 2.56. The van der Waals surface area contributed by atoms with Crippen LogP contribution in [0.3, 0.4) is 0 Å². The van der Waals surface area contributed by atoms with Crippen LogP contribution >= 0.6 is 0 Å². The fraction of sp³-hybridized carbons (Fsp3) is 0.600. The second-order valence-electron chi connectivity index (χ2n) is 3.94. The van der Waals surface area contributed by atoms with Crippen LogP contribution in [0.2, 0.25) is 0 Å². The summed E-state index contributed by atoms with van der Waals surface area (Å²) in [5, 5.41) is 0. The van der Waals surface area contributed by atoms with Crippen LogP contribution in [0.4, 0.5) is 0 Å². The molecule has 0 spiro atoms. The molecule has 15 heavy (non-hydrogen) atoms. The van der Waals surface area contributed by atoms with Crippen molar-refractivity contribution in [3.8, 4) is 0 Å². The molecule has 5 nitrogen and oxygen atoms in total. The number of nitrogens with two attached hydrogens (primary N) is 1. The number of hydrogen-bond donors (Lipinski definition) is 1. The fourth-order valence-electron chi connectivity index (χ4n) is 1.82. The molecule has 82 valence electrons. The SMILES string of the molecule is N[C@@H]1CCN(C(=O)CCn2ccnc2)C1. The fourth-order valence-corrected chi connectivity index (χ4v) is 1.82. The van der Waals surface area contributed by atoms with E-state index in [0.717, 1.165) is 13.0 Å². The molecule has 2 heterocycles. The Kier molecular flexibility index (Phi) is 3.01. The summed E-state index contributed by atoms with van der Waals surface area (Å²) in [5.41, 5.74) is 5.74. The van der Waals surface area contributed by atoms with Gasteiger partial charge in [-0.15, -0.1) is 0 Å². The van der Waals surface area contributed by atoms with Gasteiger partial charge in [0.2, 0.25) is 5.91 Å². The molecule has 2 rings (SSSR count). The first-order valence-corrected chi connectivity index (χ1v) is 5.25. The summed E-state index contributed by atoms with van der Waals surface area (Å²) in [6.45, 7) is 2.22. The predicted molar refractivity (Wildman–Crippen MR) is 56.0 cm³/mol. The van der Waals surface area contributed by atoms with Crippen molar-refractivity contribution in [3.63, 3.8) is 0 Å². The lowest BCUT2D eigenvalue weighted by Crippen LogP contribution is -2.32. The van der Waals surface area contributed by atoms with Gasteiger partial charge in [-0.1, -0.05) is 0 Å². The maximum absolute atomic E-state index is 11.7. The van der Waals surface area contributed by atoms with Crippen molar-refractivity contribution < 1.29 is 4.79 Å². The smallest absolute Gasteiger partial charge is 0.224 e. The Hall–Kier alpha value is -1.36. The first-order chi connectivity index (χ1) is 7.25. The van der Waals surface area contributed by atoms with E-state index < -0.39 is 0 Å². The number of carbonyl (C=O) groups excluding carboxylic acids is 1. The number of imidazole rings is 1. The first-order valence-electron chi connectivity index (χ1n) is 5.25. The van der Waals surface area contributed by atoms with Gasteiger partial charge in [-0.25, -0.2) is 4.98 Å². The molecule has 0 bridgehead atoms. The molecular weight excluding hydrogens is 192 g/mol. The zero-order valence-electron chi connectivity index (χ0n) is 8.67. The Morgan fingerprint density at radius 2 is 2.47 bits per heavy atom. The highest BCUT2D eigenvalue weighted by Crippen LogP contribution is 2.08. The van der Waals surface area contributed by atoms with Crippen molar-refractivity contribution in [2.24, 2.45) is 5.73 Å². The van der Waals surface area contributed by atoms with Crippen LogP contribution in [0.25, 0.3) is 0 Å². The second-order valence-corrected chi connectivity index (χ2v) is 3.94. The molecule has 1 atom stereocenters. The van der Waals surface area contributed by atoms with Gasteiger partial charge in [-0.3, -0.25) is 4.79 Å². The molecule has 0 saturated carbocycles. The number of rotatable bonds is 3. The molecule has 1 aromatic rings. The zero-order chi connectivity index (χ0) is 10.7. The van der Waals surface area contributed by atoms with Crippen molar-refractivity contribution in [1.82, 2.24) is 14.5 Å². The van der Waals surface area contributed by atoms with Gasteiger partial charge in [0.25, 0.3) is 0 Å². The van der Waals surface area contributed by atoms with Crippen molar-refractivity contribution in [1.29, 1.82) is 0 Å². The summed E-state index contributed by atoms with van der Waals surface area (Å²) in [4.78, 5) is 17.5. The summed E-state index contributed by atoms with van der Waals surface area (Å²) in [7, 11) is 0. The minimum atomic E-state index is 0.169. The van der Waals surface area contributed by atoms with E-state index in [9.17, 15) is 4.79 Å². The predicted octanol–water partition coefficient (Wildman–Crippen LogP) is -0.167. The van der Waals surface area contributed by atoms with Crippen LogP contribution < -0.4 is 5.73 Å². The topological polar surface area (TPSA) is 64.2 Å². The lowest BCUT2D eigenvalue weighted by atomic mass is 10.3. The molecule has 0 aliphatic carbocycles. The van der Waals surface area contributed by atoms with Gasteiger partial charge in [0.05, 0.1) is 6.33 Å². The average Bonchev–Trinajstić information content (AvgIpc) is 2.84. The summed E-state index contributed by atoms with van der Waals surface area (Å²) >= 11 is 0. The number of hydrogen-bond acceptors (Lipinski definition) is 3. The number of nitrogens with zero attached hydrogens (tertiary/aromatic N) is 3. The molecule has 1 amide bonds. The minimum absolute atomic E-state index is 0.169. The van der Waals surface area contributed by atoms with Gasteiger partial charge in [0.15, 0.2) is 0 Å². The van der Waals surface area contributed by atoms with Crippen LogP contribution in [0, 0.1) is 0 Å². The minimum Gasteiger partial charge on any atom is -0.341 e.